The fraction of sp³-hybridized carbons (Fsp3) is 0.217. The number of nitrogens with one attached hydrogen (secondary N) is 1. The van der Waals surface area contributed by atoms with Crippen molar-refractivity contribution in [2.75, 3.05) is 7.11 Å². The Balaban J connectivity index is 1.39. The second-order valence-corrected chi connectivity index (χ2v) is 7.04. The first kappa shape index (κ1) is 20.5. The van der Waals surface area contributed by atoms with Crippen LogP contribution in [0.15, 0.2) is 65.7 Å². The summed E-state index contributed by atoms with van der Waals surface area (Å²) in [5, 5.41) is 1.01. The van der Waals surface area contributed by atoms with Gasteiger partial charge >= 0.3 is 0 Å². The number of Topliss-reactive ketones (excluding diaryl/α,β-unsaturated/α-hetero) is 1. The second kappa shape index (κ2) is 9.36. The molecule has 0 bridgehead atoms. The van der Waals surface area contributed by atoms with Crippen molar-refractivity contribution in [3.05, 3.63) is 73.0 Å². The van der Waals surface area contributed by atoms with Crippen LogP contribution in [0.1, 0.15) is 41.8 Å². The molecule has 158 valence electrons. The number of aromatic amines is 1. The Labute approximate surface area is 179 Å². The van der Waals surface area contributed by atoms with Crippen LogP contribution in [0.25, 0.3) is 22.2 Å². The van der Waals surface area contributed by atoms with Crippen LogP contribution >= 0.6 is 0 Å². The van der Waals surface area contributed by atoms with Gasteiger partial charge in [0.15, 0.2) is 0 Å². The number of nitrogens with zero attached hydrogens (tertiary/aromatic N) is 3. The van der Waals surface area contributed by atoms with Crippen LogP contribution in [0.4, 0.5) is 0 Å². The molecule has 0 aliphatic carbocycles. The maximum absolute atomic E-state index is 11.9. The summed E-state index contributed by atoms with van der Waals surface area (Å²) in [5.74, 6) is 1.43. The number of aromatic nitrogens is 4. The minimum absolute atomic E-state index is 0.117. The van der Waals surface area contributed by atoms with Gasteiger partial charge < -0.3 is 19.9 Å². The van der Waals surface area contributed by atoms with Crippen molar-refractivity contribution in [1.29, 1.82) is 0 Å². The standard InChI is InChI=1S/C23H23N5O3/c1-30-21-13-18-15(6-5-9-25-18)12-16(21)19-14-27-22(28-19)17(24)7-3-2-4-8-20(29)23-26-10-11-31-23/h2-3,5-6,9-14,17H,4,7-8,24H2,1H3,(H,27,28)/t17-/m0/s1. The number of benzene rings is 1. The quantitative estimate of drug-likeness (QED) is 0.309. The van der Waals surface area contributed by atoms with Crippen molar-refractivity contribution in [1.82, 2.24) is 19.9 Å². The Morgan fingerprint density at radius 2 is 2.16 bits per heavy atom. The van der Waals surface area contributed by atoms with E-state index < -0.39 is 0 Å². The summed E-state index contributed by atoms with van der Waals surface area (Å²) in [6.07, 6.45) is 11.8. The maximum atomic E-state index is 11.9. The molecule has 0 unspecified atom stereocenters. The van der Waals surface area contributed by atoms with Crippen molar-refractivity contribution >= 4 is 16.7 Å². The average Bonchev–Trinajstić information content (AvgIpc) is 3.50. The minimum atomic E-state index is -0.291. The minimum Gasteiger partial charge on any atom is -0.496 e. The predicted molar refractivity (Wildman–Crippen MR) is 117 cm³/mol. The Morgan fingerprint density at radius 3 is 2.97 bits per heavy atom. The van der Waals surface area contributed by atoms with E-state index in [4.69, 9.17) is 14.9 Å². The van der Waals surface area contributed by atoms with E-state index in [-0.39, 0.29) is 17.7 Å². The highest BCUT2D eigenvalue weighted by molar-refractivity contribution is 5.91. The number of imidazole rings is 1. The number of ether oxygens (including phenoxy) is 1. The number of nitrogens with two attached hydrogens (primary N) is 1. The molecule has 0 spiro atoms. The third kappa shape index (κ3) is 4.70. The molecule has 4 aromatic rings. The maximum Gasteiger partial charge on any atom is 0.263 e. The van der Waals surface area contributed by atoms with Gasteiger partial charge in [0.05, 0.1) is 36.8 Å². The molecule has 0 radical (unpaired) electrons. The zero-order valence-electron chi connectivity index (χ0n) is 17.1. The van der Waals surface area contributed by atoms with Gasteiger partial charge in [-0.2, -0.15) is 0 Å². The largest absolute Gasteiger partial charge is 0.496 e. The highest BCUT2D eigenvalue weighted by Gasteiger charge is 2.14. The van der Waals surface area contributed by atoms with E-state index in [1.165, 1.54) is 12.5 Å². The molecule has 0 amide bonds. The summed E-state index contributed by atoms with van der Waals surface area (Å²) < 4.78 is 10.5. The Hall–Kier alpha value is -3.78. The van der Waals surface area contributed by atoms with Crippen molar-refractivity contribution in [2.45, 2.75) is 25.3 Å². The van der Waals surface area contributed by atoms with Crippen LogP contribution in [-0.4, -0.2) is 32.8 Å². The summed E-state index contributed by atoms with van der Waals surface area (Å²) in [5.41, 5.74) is 8.88. The van der Waals surface area contributed by atoms with Gasteiger partial charge in [-0.05, 0) is 25.0 Å². The second-order valence-electron chi connectivity index (χ2n) is 7.04. The molecule has 0 fully saturated rings. The zero-order chi connectivity index (χ0) is 21.6. The third-order valence-corrected chi connectivity index (χ3v) is 4.93. The average molecular weight is 417 g/mol. The first-order valence-electron chi connectivity index (χ1n) is 9.97. The molecule has 0 aliphatic rings. The first-order chi connectivity index (χ1) is 15.2. The van der Waals surface area contributed by atoms with Crippen LogP contribution in [0, 0.1) is 0 Å². The van der Waals surface area contributed by atoms with Crippen LogP contribution in [0.5, 0.6) is 5.75 Å². The number of carbonyl (C=O) groups excluding carboxylic acids is 1. The molecule has 0 aliphatic heterocycles. The molecular weight excluding hydrogens is 394 g/mol. The number of pyridine rings is 1. The van der Waals surface area contributed by atoms with E-state index in [1.54, 1.807) is 19.5 Å². The van der Waals surface area contributed by atoms with E-state index in [1.807, 2.05) is 36.4 Å². The molecule has 4 rings (SSSR count). The molecule has 8 nitrogen and oxygen atoms in total. The van der Waals surface area contributed by atoms with E-state index in [2.05, 4.69) is 19.9 Å². The van der Waals surface area contributed by atoms with E-state index in [9.17, 15) is 4.79 Å². The van der Waals surface area contributed by atoms with Crippen molar-refractivity contribution in [3.63, 3.8) is 0 Å². The molecule has 3 N–H and O–H groups in total. The van der Waals surface area contributed by atoms with Gasteiger partial charge in [0.2, 0.25) is 5.78 Å². The molecule has 1 aromatic carbocycles. The van der Waals surface area contributed by atoms with Crippen LogP contribution in [0.2, 0.25) is 0 Å². The first-order valence-corrected chi connectivity index (χ1v) is 9.97. The predicted octanol–water partition coefficient (Wildman–Crippen LogP) is 4.23. The van der Waals surface area contributed by atoms with Gasteiger partial charge in [-0.25, -0.2) is 9.97 Å². The molecule has 0 saturated heterocycles. The Kier molecular flexibility index (Phi) is 6.18. The molecule has 0 saturated carbocycles. The van der Waals surface area contributed by atoms with Crippen LogP contribution in [0.3, 0.4) is 0 Å². The fourth-order valence-electron chi connectivity index (χ4n) is 3.30. The lowest BCUT2D eigenvalue weighted by molar-refractivity contribution is 0.0950. The lowest BCUT2D eigenvalue weighted by atomic mass is 10.1. The summed E-state index contributed by atoms with van der Waals surface area (Å²) in [6, 6.07) is 7.55. The molecular formula is C23H23N5O3. The molecule has 1 atom stereocenters. The fourth-order valence-corrected chi connectivity index (χ4v) is 3.30. The molecule has 3 heterocycles. The Morgan fingerprint density at radius 1 is 1.26 bits per heavy atom. The van der Waals surface area contributed by atoms with Gasteiger partial charge in [0.25, 0.3) is 5.89 Å². The lowest BCUT2D eigenvalue weighted by Gasteiger charge is -2.09. The van der Waals surface area contributed by atoms with Gasteiger partial charge in [-0.3, -0.25) is 9.78 Å². The third-order valence-electron chi connectivity index (χ3n) is 4.93. The smallest absolute Gasteiger partial charge is 0.263 e. The number of rotatable bonds is 9. The number of carbonyl (C=O) groups is 1. The van der Waals surface area contributed by atoms with Gasteiger partial charge in [0.1, 0.15) is 17.8 Å². The van der Waals surface area contributed by atoms with Gasteiger partial charge in [-0.15, -0.1) is 0 Å². The van der Waals surface area contributed by atoms with Gasteiger partial charge in [-0.1, -0.05) is 18.2 Å². The summed E-state index contributed by atoms with van der Waals surface area (Å²) in [4.78, 5) is 27.8. The van der Waals surface area contributed by atoms with E-state index in [0.29, 0.717) is 30.8 Å². The highest BCUT2D eigenvalue weighted by atomic mass is 16.5. The monoisotopic (exact) mass is 417 g/mol. The van der Waals surface area contributed by atoms with Crippen molar-refractivity contribution in [3.8, 4) is 17.0 Å². The number of oxazole rings is 1. The highest BCUT2D eigenvalue weighted by Crippen LogP contribution is 2.33. The summed E-state index contributed by atoms with van der Waals surface area (Å²) >= 11 is 0. The zero-order valence-corrected chi connectivity index (χ0v) is 17.1. The number of fused-ring (bicyclic) bond motifs is 1. The Bertz CT molecular complexity index is 1200. The topological polar surface area (TPSA) is 120 Å². The lowest BCUT2D eigenvalue weighted by Crippen LogP contribution is -2.10. The van der Waals surface area contributed by atoms with Crippen molar-refractivity contribution < 1.29 is 13.9 Å². The molecule has 8 heteroatoms. The van der Waals surface area contributed by atoms with Crippen LogP contribution < -0.4 is 10.5 Å². The number of methoxy groups -OCH3 is 1. The summed E-state index contributed by atoms with van der Waals surface area (Å²) in [6.45, 7) is 0. The van der Waals surface area contributed by atoms with Crippen LogP contribution in [-0.2, 0) is 0 Å². The number of hydrogen-bond donors (Lipinski definition) is 2. The summed E-state index contributed by atoms with van der Waals surface area (Å²) in [7, 11) is 1.63. The molecule has 31 heavy (non-hydrogen) atoms. The van der Waals surface area contributed by atoms with E-state index >= 15 is 0 Å². The molecule has 3 aromatic heterocycles. The normalized spacial score (nSPS) is 12.5. The number of hydrogen-bond acceptors (Lipinski definition) is 7. The number of ketones is 1. The van der Waals surface area contributed by atoms with Gasteiger partial charge in [0, 0.05) is 29.6 Å². The number of allylic oxidation sites excluding steroid dienone is 1. The van der Waals surface area contributed by atoms with E-state index in [0.717, 1.165) is 22.2 Å². The number of H-pyrrole nitrogens is 1. The van der Waals surface area contributed by atoms with Crippen molar-refractivity contribution in [2.24, 2.45) is 5.73 Å². The SMILES string of the molecule is COc1cc2ncccc2cc1-c1cnc([C@@H](N)CC=CCCC(=O)c2ncco2)[nH]1.